The van der Waals surface area contributed by atoms with Gasteiger partial charge in [0.05, 0.1) is 23.0 Å². The molecule has 1 aliphatic rings. The van der Waals surface area contributed by atoms with Crippen molar-refractivity contribution in [1.29, 1.82) is 0 Å². The zero-order valence-electron chi connectivity index (χ0n) is 20.9. The predicted molar refractivity (Wildman–Crippen MR) is 132 cm³/mol. The summed E-state index contributed by atoms with van der Waals surface area (Å²) in [7, 11) is 0. The van der Waals surface area contributed by atoms with E-state index in [-0.39, 0.29) is 41.0 Å². The van der Waals surface area contributed by atoms with Crippen LogP contribution < -0.4 is 10.6 Å². The molecule has 0 bridgehead atoms. The molecule has 0 spiro atoms. The zero-order chi connectivity index (χ0) is 25.3. The molecule has 1 aromatic carbocycles. The van der Waals surface area contributed by atoms with Crippen LogP contribution in [0.5, 0.6) is 0 Å². The van der Waals surface area contributed by atoms with Crippen molar-refractivity contribution in [2.45, 2.75) is 85.1 Å². The van der Waals surface area contributed by atoms with Crippen LogP contribution in [0.15, 0.2) is 46.8 Å². The van der Waals surface area contributed by atoms with Crippen LogP contribution in [0, 0.1) is 10.1 Å². The van der Waals surface area contributed by atoms with E-state index in [1.165, 1.54) is 18.9 Å². The highest BCUT2D eigenvalue weighted by Crippen LogP contribution is 2.42. The Bertz CT molecular complexity index is 965. The number of nitrogens with zero attached hydrogens (tertiary/aromatic N) is 1. The van der Waals surface area contributed by atoms with Crippen molar-refractivity contribution in [2.75, 3.05) is 6.61 Å². The zero-order valence-corrected chi connectivity index (χ0v) is 20.9. The van der Waals surface area contributed by atoms with Gasteiger partial charge < -0.3 is 15.4 Å². The molecule has 1 atom stereocenters. The Morgan fingerprint density at radius 3 is 2.32 bits per heavy atom. The first-order valence-corrected chi connectivity index (χ1v) is 12.1. The minimum atomic E-state index is -0.918. The lowest BCUT2D eigenvalue weighted by Crippen LogP contribution is -2.39. The molecular weight excluding hydrogens is 434 g/mol. The normalized spacial score (nSPS) is 15.9. The molecule has 0 saturated carbocycles. The van der Waals surface area contributed by atoms with E-state index in [1.54, 1.807) is 32.0 Å². The third-order valence-electron chi connectivity index (χ3n) is 5.82. The van der Waals surface area contributed by atoms with Gasteiger partial charge in [-0.1, -0.05) is 57.2 Å². The Morgan fingerprint density at radius 2 is 1.68 bits per heavy atom. The first kappa shape index (κ1) is 27.1. The Kier molecular flexibility index (Phi) is 10.3. The second-order valence-corrected chi connectivity index (χ2v) is 8.98. The number of hydrogen-bond acceptors (Lipinski definition) is 6. The number of nitro groups is 1. The summed E-state index contributed by atoms with van der Waals surface area (Å²) in [6, 6.07) is 6.08. The highest BCUT2D eigenvalue weighted by Gasteiger charge is 2.40. The fraction of sp³-hybridized carbons (Fsp3) is 0.538. The summed E-state index contributed by atoms with van der Waals surface area (Å²) in [6.45, 7) is 9.56. The predicted octanol–water partition coefficient (Wildman–Crippen LogP) is 5.26. The first-order chi connectivity index (χ1) is 16.2. The number of carbonyl (C=O) groups excluding carboxylic acids is 2. The van der Waals surface area contributed by atoms with Crippen molar-refractivity contribution < 1.29 is 19.2 Å². The van der Waals surface area contributed by atoms with Crippen LogP contribution in [0.2, 0.25) is 0 Å². The van der Waals surface area contributed by atoms with Crippen LogP contribution in [-0.2, 0) is 14.3 Å². The molecule has 0 fully saturated rings. The van der Waals surface area contributed by atoms with Crippen LogP contribution in [0.4, 0.5) is 5.69 Å². The summed E-state index contributed by atoms with van der Waals surface area (Å²) in [5.74, 6) is -1.86. The van der Waals surface area contributed by atoms with Gasteiger partial charge in [-0.05, 0) is 34.1 Å². The molecule has 0 saturated heterocycles. The van der Waals surface area contributed by atoms with Crippen molar-refractivity contribution in [3.8, 4) is 0 Å². The van der Waals surface area contributed by atoms with Crippen molar-refractivity contribution in [2.24, 2.45) is 0 Å². The number of nitro benzene ring substituents is 1. The Morgan fingerprint density at radius 1 is 1.06 bits per heavy atom. The summed E-state index contributed by atoms with van der Waals surface area (Å²) < 4.78 is 5.59. The number of benzene rings is 1. The molecule has 34 heavy (non-hydrogen) atoms. The van der Waals surface area contributed by atoms with E-state index in [1.807, 2.05) is 13.8 Å². The van der Waals surface area contributed by atoms with Crippen LogP contribution >= 0.6 is 0 Å². The molecule has 1 amide bonds. The number of nitrogens with one attached hydrogen (secondary N) is 2. The second-order valence-electron chi connectivity index (χ2n) is 8.98. The standard InChI is InChI=1S/C26H37N3O5/c1-6-7-8-9-10-13-16-34-26(31)23-19(5)28-18(4)22(25(30)27-17(2)3)24(23)20-14-11-12-15-21(20)29(32)33/h11-12,14-15,17,24,28H,6-10,13,16H2,1-5H3,(H,27,30). The van der Waals surface area contributed by atoms with Gasteiger partial charge in [-0.25, -0.2) is 4.79 Å². The van der Waals surface area contributed by atoms with Crippen LogP contribution in [0.1, 0.15) is 84.6 Å². The molecular formula is C26H37N3O5. The summed E-state index contributed by atoms with van der Waals surface area (Å²) in [5, 5.41) is 17.8. The molecule has 8 nitrogen and oxygen atoms in total. The summed E-state index contributed by atoms with van der Waals surface area (Å²) in [4.78, 5) is 37.8. The van der Waals surface area contributed by atoms with Gasteiger partial charge in [-0.15, -0.1) is 0 Å². The van der Waals surface area contributed by atoms with E-state index in [4.69, 9.17) is 4.74 Å². The van der Waals surface area contributed by atoms with Gasteiger partial charge in [0.25, 0.3) is 5.69 Å². The molecule has 0 radical (unpaired) electrons. The molecule has 2 N–H and O–H groups in total. The van der Waals surface area contributed by atoms with Gasteiger partial charge in [0.2, 0.25) is 5.91 Å². The maximum absolute atomic E-state index is 13.3. The molecule has 1 aliphatic heterocycles. The van der Waals surface area contributed by atoms with Crippen LogP contribution in [-0.4, -0.2) is 29.4 Å². The fourth-order valence-electron chi connectivity index (χ4n) is 4.24. The number of para-hydroxylation sites is 1. The second kappa shape index (κ2) is 12.9. The monoisotopic (exact) mass is 471 g/mol. The number of carbonyl (C=O) groups is 2. The molecule has 0 aliphatic carbocycles. The fourth-order valence-corrected chi connectivity index (χ4v) is 4.24. The maximum atomic E-state index is 13.3. The van der Waals surface area contributed by atoms with Gasteiger partial charge in [0.15, 0.2) is 0 Å². The van der Waals surface area contributed by atoms with Gasteiger partial charge >= 0.3 is 5.97 Å². The Labute approximate surface area is 202 Å². The van der Waals surface area contributed by atoms with Gasteiger partial charge in [-0.2, -0.15) is 0 Å². The lowest BCUT2D eigenvalue weighted by Gasteiger charge is -2.31. The average molecular weight is 472 g/mol. The molecule has 1 aromatic rings. The summed E-state index contributed by atoms with van der Waals surface area (Å²) >= 11 is 0. The number of ether oxygens (including phenoxy) is 1. The van der Waals surface area contributed by atoms with E-state index in [9.17, 15) is 19.7 Å². The minimum absolute atomic E-state index is 0.144. The van der Waals surface area contributed by atoms with E-state index in [0.29, 0.717) is 11.4 Å². The number of amides is 1. The average Bonchev–Trinajstić information content (AvgIpc) is 2.77. The van der Waals surface area contributed by atoms with Crippen molar-refractivity contribution in [3.05, 3.63) is 62.5 Å². The third-order valence-corrected chi connectivity index (χ3v) is 5.82. The molecule has 1 heterocycles. The van der Waals surface area contributed by atoms with Crippen LogP contribution in [0.3, 0.4) is 0 Å². The molecule has 186 valence electrons. The van der Waals surface area contributed by atoms with E-state index >= 15 is 0 Å². The molecule has 8 heteroatoms. The number of allylic oxidation sites excluding steroid dienone is 2. The SMILES string of the molecule is CCCCCCCCOC(=O)C1=C(C)NC(C)=C(C(=O)NC(C)C)C1c1ccccc1[N+](=O)[O-]. The van der Waals surface area contributed by atoms with E-state index in [0.717, 1.165) is 25.7 Å². The summed E-state index contributed by atoms with van der Waals surface area (Å²) in [6.07, 6.45) is 6.34. The van der Waals surface area contributed by atoms with E-state index in [2.05, 4.69) is 17.6 Å². The van der Waals surface area contributed by atoms with E-state index < -0.39 is 16.8 Å². The highest BCUT2D eigenvalue weighted by atomic mass is 16.6. The first-order valence-electron chi connectivity index (χ1n) is 12.1. The molecule has 0 aromatic heterocycles. The number of hydrogen-bond donors (Lipinski definition) is 2. The number of unbranched alkanes of at least 4 members (excludes halogenated alkanes) is 5. The Balaban J connectivity index is 2.39. The van der Waals surface area contributed by atoms with Gasteiger partial charge in [0.1, 0.15) is 0 Å². The summed E-state index contributed by atoms with van der Waals surface area (Å²) in [5.41, 5.74) is 1.71. The number of rotatable bonds is 12. The smallest absolute Gasteiger partial charge is 0.336 e. The highest BCUT2D eigenvalue weighted by molar-refractivity contribution is 6.02. The minimum Gasteiger partial charge on any atom is -0.462 e. The largest absolute Gasteiger partial charge is 0.462 e. The quantitative estimate of drug-likeness (QED) is 0.186. The maximum Gasteiger partial charge on any atom is 0.336 e. The van der Waals surface area contributed by atoms with Crippen molar-refractivity contribution >= 4 is 17.6 Å². The van der Waals surface area contributed by atoms with Gasteiger partial charge in [-0.3, -0.25) is 14.9 Å². The lowest BCUT2D eigenvalue weighted by molar-refractivity contribution is -0.385. The topological polar surface area (TPSA) is 111 Å². The molecule has 1 unspecified atom stereocenters. The Hall–Kier alpha value is -3.16. The molecule has 2 rings (SSSR count). The van der Waals surface area contributed by atoms with Crippen LogP contribution in [0.25, 0.3) is 0 Å². The third kappa shape index (κ3) is 6.92. The number of esters is 1. The van der Waals surface area contributed by atoms with Crippen molar-refractivity contribution in [3.63, 3.8) is 0 Å². The lowest BCUT2D eigenvalue weighted by atomic mass is 9.79. The van der Waals surface area contributed by atoms with Gasteiger partial charge in [0, 0.05) is 34.6 Å². The van der Waals surface area contributed by atoms with Crippen molar-refractivity contribution in [1.82, 2.24) is 10.6 Å². The number of dihydropyridines is 1.